The van der Waals surface area contributed by atoms with E-state index in [1.165, 1.54) is 12.0 Å². The van der Waals surface area contributed by atoms with Gasteiger partial charge in [-0.1, -0.05) is 69.0 Å². The van der Waals surface area contributed by atoms with Crippen molar-refractivity contribution in [3.63, 3.8) is 0 Å². The summed E-state index contributed by atoms with van der Waals surface area (Å²) in [5.41, 5.74) is 2.37. The molecular weight excluding hydrogens is 282 g/mol. The second-order valence-electron chi connectivity index (χ2n) is 7.00. The molecular formula is C21H31NO. The summed E-state index contributed by atoms with van der Waals surface area (Å²) in [7, 11) is 2.22. The van der Waals surface area contributed by atoms with Crippen molar-refractivity contribution in [3.05, 3.63) is 60.7 Å². The predicted molar refractivity (Wildman–Crippen MR) is 98.3 cm³/mol. The van der Waals surface area contributed by atoms with Gasteiger partial charge in [-0.2, -0.15) is 0 Å². The monoisotopic (exact) mass is 313 g/mol. The quantitative estimate of drug-likeness (QED) is 0.678. The third-order valence-corrected chi connectivity index (χ3v) is 4.97. The van der Waals surface area contributed by atoms with E-state index in [0.29, 0.717) is 24.5 Å². The molecule has 1 aliphatic heterocycles. The fourth-order valence-corrected chi connectivity index (χ4v) is 3.79. The normalized spacial score (nSPS) is 23.7. The van der Waals surface area contributed by atoms with Crippen LogP contribution in [0.25, 0.3) is 0 Å². The van der Waals surface area contributed by atoms with Gasteiger partial charge in [0.15, 0.2) is 0 Å². The Kier molecular flexibility index (Phi) is 6.61. The third-order valence-electron chi connectivity index (χ3n) is 4.97. The van der Waals surface area contributed by atoms with E-state index in [9.17, 15) is 0 Å². The summed E-state index contributed by atoms with van der Waals surface area (Å²) >= 11 is 0. The zero-order valence-corrected chi connectivity index (χ0v) is 14.9. The van der Waals surface area contributed by atoms with Crippen LogP contribution < -0.4 is 0 Å². The SMILES string of the molecule is C=CC(=C)C(C(C)C)C1C(OCc2ccccc2)CCCN1C. The Morgan fingerprint density at radius 1 is 1.35 bits per heavy atom. The minimum absolute atomic E-state index is 0.248. The fourth-order valence-electron chi connectivity index (χ4n) is 3.79. The van der Waals surface area contributed by atoms with Gasteiger partial charge in [0.25, 0.3) is 0 Å². The number of hydrogen-bond acceptors (Lipinski definition) is 2. The lowest BCUT2D eigenvalue weighted by molar-refractivity contribution is -0.0627. The molecule has 0 spiro atoms. The number of nitrogens with zero attached hydrogens (tertiary/aromatic N) is 1. The van der Waals surface area contributed by atoms with Crippen molar-refractivity contribution < 1.29 is 4.74 Å². The van der Waals surface area contributed by atoms with Crippen molar-refractivity contribution in [2.45, 2.75) is 45.4 Å². The van der Waals surface area contributed by atoms with Crippen LogP contribution >= 0.6 is 0 Å². The highest BCUT2D eigenvalue weighted by Crippen LogP contribution is 2.34. The van der Waals surface area contributed by atoms with Gasteiger partial charge in [-0.05, 0) is 37.9 Å². The molecule has 0 radical (unpaired) electrons. The lowest BCUT2D eigenvalue weighted by Gasteiger charge is -2.45. The van der Waals surface area contributed by atoms with Gasteiger partial charge in [-0.15, -0.1) is 0 Å². The molecule has 3 unspecified atom stereocenters. The van der Waals surface area contributed by atoms with Gasteiger partial charge in [0.05, 0.1) is 12.7 Å². The number of allylic oxidation sites excluding steroid dienone is 1. The van der Waals surface area contributed by atoms with E-state index in [-0.39, 0.29) is 6.10 Å². The topological polar surface area (TPSA) is 12.5 Å². The number of hydrogen-bond donors (Lipinski definition) is 0. The molecule has 2 heteroatoms. The van der Waals surface area contributed by atoms with Crippen LogP contribution in [0.5, 0.6) is 0 Å². The highest BCUT2D eigenvalue weighted by atomic mass is 16.5. The molecule has 126 valence electrons. The van der Waals surface area contributed by atoms with Gasteiger partial charge in [0, 0.05) is 12.0 Å². The molecule has 1 aliphatic rings. The van der Waals surface area contributed by atoms with E-state index in [4.69, 9.17) is 4.74 Å². The second-order valence-corrected chi connectivity index (χ2v) is 7.00. The van der Waals surface area contributed by atoms with Crippen LogP contribution in [0.4, 0.5) is 0 Å². The van der Waals surface area contributed by atoms with E-state index in [0.717, 1.165) is 18.5 Å². The number of benzene rings is 1. The molecule has 1 fully saturated rings. The maximum atomic E-state index is 6.36. The van der Waals surface area contributed by atoms with Crippen molar-refractivity contribution in [2.75, 3.05) is 13.6 Å². The summed E-state index contributed by atoms with van der Waals surface area (Å²) < 4.78 is 6.36. The maximum absolute atomic E-state index is 6.36. The smallest absolute Gasteiger partial charge is 0.0741 e. The third kappa shape index (κ3) is 4.55. The lowest BCUT2D eigenvalue weighted by Crippen LogP contribution is -2.52. The molecule has 1 aromatic rings. The molecule has 2 rings (SSSR count). The van der Waals surface area contributed by atoms with Crippen molar-refractivity contribution in [1.82, 2.24) is 4.90 Å². The molecule has 3 atom stereocenters. The average Bonchev–Trinajstić information content (AvgIpc) is 2.55. The lowest BCUT2D eigenvalue weighted by atomic mass is 9.77. The van der Waals surface area contributed by atoms with Crippen molar-refractivity contribution in [2.24, 2.45) is 11.8 Å². The van der Waals surface area contributed by atoms with E-state index in [2.05, 4.69) is 63.2 Å². The summed E-state index contributed by atoms with van der Waals surface area (Å²) in [5, 5.41) is 0. The molecule has 0 aromatic heterocycles. The Morgan fingerprint density at radius 2 is 2.04 bits per heavy atom. The second kappa shape index (κ2) is 8.47. The molecule has 0 aliphatic carbocycles. The summed E-state index contributed by atoms with van der Waals surface area (Å²) in [5.74, 6) is 0.910. The highest BCUT2D eigenvalue weighted by molar-refractivity contribution is 5.20. The number of piperidine rings is 1. The zero-order chi connectivity index (χ0) is 16.8. The Balaban J connectivity index is 2.14. The fraction of sp³-hybridized carbons (Fsp3) is 0.524. The Labute approximate surface area is 141 Å². The van der Waals surface area contributed by atoms with Crippen LogP contribution in [-0.2, 0) is 11.3 Å². The number of ether oxygens (including phenoxy) is 1. The Morgan fingerprint density at radius 3 is 2.65 bits per heavy atom. The first-order chi connectivity index (χ1) is 11.0. The molecule has 23 heavy (non-hydrogen) atoms. The van der Waals surface area contributed by atoms with Crippen molar-refractivity contribution >= 4 is 0 Å². The van der Waals surface area contributed by atoms with E-state index >= 15 is 0 Å². The van der Waals surface area contributed by atoms with Gasteiger partial charge in [0.2, 0.25) is 0 Å². The van der Waals surface area contributed by atoms with Crippen molar-refractivity contribution in [1.29, 1.82) is 0 Å². The van der Waals surface area contributed by atoms with Gasteiger partial charge >= 0.3 is 0 Å². The van der Waals surface area contributed by atoms with Crippen LogP contribution in [0.1, 0.15) is 32.3 Å². The molecule has 1 heterocycles. The summed E-state index contributed by atoms with van der Waals surface area (Å²) in [6.45, 7) is 14.6. The van der Waals surface area contributed by atoms with Crippen LogP contribution in [0, 0.1) is 11.8 Å². The number of likely N-dealkylation sites (N-methyl/N-ethyl adjacent to an activating group) is 1. The minimum Gasteiger partial charge on any atom is -0.372 e. The molecule has 1 aromatic carbocycles. The summed E-state index contributed by atoms with van der Waals surface area (Å²) in [4.78, 5) is 2.46. The van der Waals surface area contributed by atoms with E-state index in [1.54, 1.807) is 0 Å². The first-order valence-electron chi connectivity index (χ1n) is 8.71. The molecule has 0 N–H and O–H groups in total. The van der Waals surface area contributed by atoms with Crippen LogP contribution in [0.3, 0.4) is 0 Å². The standard InChI is InChI=1S/C21H31NO/c1-6-17(4)20(16(2)3)21-19(13-10-14-22(21)5)23-15-18-11-8-7-9-12-18/h6-9,11-12,16,19-21H,1,4,10,13-15H2,2-3,5H3. The van der Waals surface area contributed by atoms with Crippen LogP contribution in [0.15, 0.2) is 55.1 Å². The minimum atomic E-state index is 0.248. The number of rotatable bonds is 7. The molecule has 0 bridgehead atoms. The highest BCUT2D eigenvalue weighted by Gasteiger charge is 2.38. The van der Waals surface area contributed by atoms with Gasteiger partial charge in [0.1, 0.15) is 0 Å². The molecule has 2 nitrogen and oxygen atoms in total. The Hall–Kier alpha value is -1.38. The van der Waals surface area contributed by atoms with E-state index < -0.39 is 0 Å². The zero-order valence-electron chi connectivity index (χ0n) is 14.9. The van der Waals surface area contributed by atoms with Crippen molar-refractivity contribution in [3.8, 4) is 0 Å². The largest absolute Gasteiger partial charge is 0.372 e. The van der Waals surface area contributed by atoms with Gasteiger partial charge in [-0.3, -0.25) is 0 Å². The first kappa shape index (κ1) is 18.0. The van der Waals surface area contributed by atoms with Gasteiger partial charge < -0.3 is 9.64 Å². The van der Waals surface area contributed by atoms with Gasteiger partial charge in [-0.25, -0.2) is 0 Å². The van der Waals surface area contributed by atoms with Crippen LogP contribution in [0.2, 0.25) is 0 Å². The number of likely N-dealkylation sites (tertiary alicyclic amines) is 1. The summed E-state index contributed by atoms with van der Waals surface area (Å²) in [6, 6.07) is 10.8. The summed E-state index contributed by atoms with van der Waals surface area (Å²) in [6.07, 6.45) is 4.48. The average molecular weight is 313 g/mol. The molecule has 1 saturated heterocycles. The maximum Gasteiger partial charge on any atom is 0.0741 e. The Bertz CT molecular complexity index is 508. The molecule has 0 amide bonds. The van der Waals surface area contributed by atoms with E-state index in [1.807, 2.05) is 12.1 Å². The van der Waals surface area contributed by atoms with Crippen LogP contribution in [-0.4, -0.2) is 30.6 Å². The first-order valence-corrected chi connectivity index (χ1v) is 8.71. The molecule has 0 saturated carbocycles. The predicted octanol–water partition coefficient (Wildman–Crippen LogP) is 4.68.